The van der Waals surface area contributed by atoms with Crippen LogP contribution in [0.3, 0.4) is 0 Å². The Hall–Kier alpha value is -2.43. The van der Waals surface area contributed by atoms with E-state index in [0.717, 1.165) is 0 Å². The molecule has 21 heavy (non-hydrogen) atoms. The molecule has 0 aliphatic heterocycles. The number of amides is 1. The highest BCUT2D eigenvalue weighted by molar-refractivity contribution is 5.84. The Morgan fingerprint density at radius 2 is 1.86 bits per heavy atom. The lowest BCUT2D eigenvalue weighted by atomic mass is 10.0. The summed E-state index contributed by atoms with van der Waals surface area (Å²) in [7, 11) is 0. The van der Waals surface area contributed by atoms with Gasteiger partial charge < -0.3 is 11.1 Å². The van der Waals surface area contributed by atoms with Gasteiger partial charge in [0.1, 0.15) is 17.7 Å². The zero-order valence-corrected chi connectivity index (χ0v) is 11.8. The second-order valence-electron chi connectivity index (χ2n) is 5.01. The topological polar surface area (TPSA) is 55.1 Å². The number of aryl methyl sites for hydroxylation is 2. The van der Waals surface area contributed by atoms with Gasteiger partial charge in [0.2, 0.25) is 5.91 Å². The molecule has 0 heterocycles. The largest absolute Gasteiger partial charge is 0.370 e. The summed E-state index contributed by atoms with van der Waals surface area (Å²) in [6, 6.07) is 7.82. The highest BCUT2D eigenvalue weighted by Gasteiger charge is 2.19. The fourth-order valence-corrected chi connectivity index (χ4v) is 2.09. The maximum atomic E-state index is 13.6. The average Bonchev–Trinajstić information content (AvgIpc) is 2.38. The summed E-state index contributed by atoms with van der Waals surface area (Å²) >= 11 is 0. The van der Waals surface area contributed by atoms with Crippen LogP contribution in [-0.2, 0) is 4.79 Å². The number of hydrogen-bond acceptors (Lipinski definition) is 2. The molecule has 0 aliphatic carbocycles. The van der Waals surface area contributed by atoms with Crippen LogP contribution in [0.5, 0.6) is 0 Å². The fraction of sp³-hybridized carbons (Fsp3) is 0.188. The molecule has 0 saturated heterocycles. The van der Waals surface area contributed by atoms with Crippen LogP contribution in [0.25, 0.3) is 0 Å². The number of benzene rings is 2. The molecule has 0 fully saturated rings. The lowest BCUT2D eigenvalue weighted by Crippen LogP contribution is -2.28. The number of carbonyl (C=O) groups excluding carboxylic acids is 1. The van der Waals surface area contributed by atoms with Crippen molar-refractivity contribution >= 4 is 11.6 Å². The van der Waals surface area contributed by atoms with Crippen LogP contribution in [0.15, 0.2) is 36.4 Å². The van der Waals surface area contributed by atoms with Gasteiger partial charge in [-0.3, -0.25) is 4.79 Å². The first-order valence-electron chi connectivity index (χ1n) is 6.46. The van der Waals surface area contributed by atoms with Crippen molar-refractivity contribution < 1.29 is 13.6 Å². The molecule has 0 spiro atoms. The van der Waals surface area contributed by atoms with Crippen molar-refractivity contribution in [3.8, 4) is 0 Å². The molecular weight excluding hydrogens is 274 g/mol. The number of anilines is 1. The van der Waals surface area contributed by atoms with E-state index in [2.05, 4.69) is 5.32 Å². The Morgan fingerprint density at radius 1 is 1.14 bits per heavy atom. The molecule has 0 aromatic heterocycles. The van der Waals surface area contributed by atoms with Crippen molar-refractivity contribution in [1.82, 2.24) is 0 Å². The van der Waals surface area contributed by atoms with Gasteiger partial charge >= 0.3 is 0 Å². The Labute approximate surface area is 121 Å². The average molecular weight is 290 g/mol. The summed E-state index contributed by atoms with van der Waals surface area (Å²) in [5, 5.41) is 2.84. The van der Waals surface area contributed by atoms with Crippen LogP contribution in [0.4, 0.5) is 14.5 Å². The first kappa shape index (κ1) is 15.0. The van der Waals surface area contributed by atoms with Crippen LogP contribution in [0.1, 0.15) is 22.7 Å². The van der Waals surface area contributed by atoms with Crippen molar-refractivity contribution in [3.63, 3.8) is 0 Å². The normalized spacial score (nSPS) is 12.0. The summed E-state index contributed by atoms with van der Waals surface area (Å²) in [5.74, 6) is -1.51. The number of primary amides is 1. The second-order valence-corrected chi connectivity index (χ2v) is 5.01. The molecule has 2 aromatic rings. The maximum Gasteiger partial charge on any atom is 0.244 e. The molecule has 0 aliphatic rings. The molecule has 2 aromatic carbocycles. The number of rotatable bonds is 4. The van der Waals surface area contributed by atoms with Gasteiger partial charge in [-0.25, -0.2) is 8.78 Å². The number of hydrogen-bond donors (Lipinski definition) is 2. The second kappa shape index (κ2) is 5.91. The van der Waals surface area contributed by atoms with E-state index in [9.17, 15) is 13.6 Å². The van der Waals surface area contributed by atoms with E-state index in [1.807, 2.05) is 0 Å². The third-order valence-electron chi connectivity index (χ3n) is 3.17. The van der Waals surface area contributed by atoms with Crippen molar-refractivity contribution in [1.29, 1.82) is 0 Å². The van der Waals surface area contributed by atoms with Gasteiger partial charge in [0.15, 0.2) is 0 Å². The molecule has 1 amide bonds. The Kier molecular flexibility index (Phi) is 4.21. The van der Waals surface area contributed by atoms with Gasteiger partial charge in [0.25, 0.3) is 0 Å². The lowest BCUT2D eigenvalue weighted by Gasteiger charge is -2.18. The molecular formula is C16H16F2N2O. The van der Waals surface area contributed by atoms with E-state index < -0.39 is 23.6 Å². The monoisotopic (exact) mass is 290 g/mol. The Balaban J connectivity index is 2.35. The molecule has 1 unspecified atom stereocenters. The first-order valence-corrected chi connectivity index (χ1v) is 6.46. The third kappa shape index (κ3) is 3.56. The van der Waals surface area contributed by atoms with Gasteiger partial charge in [-0.15, -0.1) is 0 Å². The van der Waals surface area contributed by atoms with Crippen molar-refractivity contribution in [2.24, 2.45) is 5.73 Å². The van der Waals surface area contributed by atoms with Gasteiger partial charge in [-0.2, -0.15) is 0 Å². The van der Waals surface area contributed by atoms with Crippen LogP contribution < -0.4 is 11.1 Å². The van der Waals surface area contributed by atoms with Crippen LogP contribution in [0, 0.1) is 25.5 Å². The van der Waals surface area contributed by atoms with E-state index in [4.69, 9.17) is 5.73 Å². The Morgan fingerprint density at radius 3 is 2.43 bits per heavy atom. The lowest BCUT2D eigenvalue weighted by molar-refractivity contribution is -0.118. The van der Waals surface area contributed by atoms with E-state index in [1.165, 1.54) is 18.2 Å². The Bertz CT molecular complexity index is 666. The van der Waals surface area contributed by atoms with Crippen molar-refractivity contribution in [3.05, 3.63) is 64.7 Å². The van der Waals surface area contributed by atoms with Crippen molar-refractivity contribution in [2.75, 3.05) is 5.32 Å². The smallest absolute Gasteiger partial charge is 0.244 e. The molecule has 3 nitrogen and oxygen atoms in total. The number of halogens is 2. The molecule has 2 rings (SSSR count). The van der Waals surface area contributed by atoms with E-state index in [1.54, 1.807) is 32.0 Å². The minimum absolute atomic E-state index is 0.396. The molecule has 110 valence electrons. The molecule has 0 saturated carbocycles. The number of nitrogens with one attached hydrogen (secondary N) is 1. The minimum atomic E-state index is -0.929. The van der Waals surface area contributed by atoms with Gasteiger partial charge in [-0.05, 0) is 54.8 Å². The SMILES string of the molecule is Cc1cc(F)cc(NC(C(N)=O)c2ccc(C)c(F)c2)c1. The molecule has 5 heteroatoms. The zero-order valence-electron chi connectivity index (χ0n) is 11.8. The van der Waals surface area contributed by atoms with Crippen molar-refractivity contribution in [2.45, 2.75) is 19.9 Å². The summed E-state index contributed by atoms with van der Waals surface area (Å²) in [6.45, 7) is 3.36. The van der Waals surface area contributed by atoms with Crippen LogP contribution in [-0.4, -0.2) is 5.91 Å². The maximum absolute atomic E-state index is 13.6. The fourth-order valence-electron chi connectivity index (χ4n) is 2.09. The standard InChI is InChI=1S/C16H16F2N2O/c1-9-5-12(17)8-13(6-9)20-15(16(19)21)11-4-3-10(2)14(18)7-11/h3-8,15,20H,1-2H3,(H2,19,21). The van der Waals surface area contributed by atoms with Gasteiger partial charge in [0, 0.05) is 5.69 Å². The quantitative estimate of drug-likeness (QED) is 0.908. The molecule has 1 atom stereocenters. The summed E-state index contributed by atoms with van der Waals surface area (Å²) in [4.78, 5) is 11.6. The molecule has 3 N–H and O–H groups in total. The number of nitrogens with two attached hydrogens (primary N) is 1. The van der Waals surface area contributed by atoms with Crippen LogP contribution >= 0.6 is 0 Å². The minimum Gasteiger partial charge on any atom is -0.370 e. The predicted octanol–water partition coefficient (Wildman–Crippen LogP) is 3.22. The zero-order chi connectivity index (χ0) is 15.6. The van der Waals surface area contributed by atoms with Gasteiger partial charge in [0.05, 0.1) is 0 Å². The summed E-state index contributed by atoms with van der Waals surface area (Å²) in [6.07, 6.45) is 0. The summed E-state index contributed by atoms with van der Waals surface area (Å²) in [5.41, 5.74) is 7.35. The number of carbonyl (C=O) groups is 1. The summed E-state index contributed by atoms with van der Waals surface area (Å²) < 4.78 is 27.0. The molecule has 0 radical (unpaired) electrons. The van der Waals surface area contributed by atoms with E-state index >= 15 is 0 Å². The highest BCUT2D eigenvalue weighted by Crippen LogP contribution is 2.23. The van der Waals surface area contributed by atoms with E-state index in [-0.39, 0.29) is 0 Å². The van der Waals surface area contributed by atoms with Crippen LogP contribution in [0.2, 0.25) is 0 Å². The third-order valence-corrected chi connectivity index (χ3v) is 3.17. The first-order chi connectivity index (χ1) is 9.86. The van der Waals surface area contributed by atoms with Gasteiger partial charge in [-0.1, -0.05) is 12.1 Å². The molecule has 0 bridgehead atoms. The highest BCUT2D eigenvalue weighted by atomic mass is 19.1. The predicted molar refractivity (Wildman–Crippen MR) is 77.8 cm³/mol. The van der Waals surface area contributed by atoms with E-state index in [0.29, 0.717) is 22.4 Å².